The number of ether oxygens (including phenoxy) is 2. The number of aliphatic hydroxyl groups excluding tert-OH is 1. The molecule has 2 aromatic carbocycles. The highest BCUT2D eigenvalue weighted by Gasteiger charge is 2.10. The van der Waals surface area contributed by atoms with Gasteiger partial charge in [-0.05, 0) is 29.7 Å². The number of aliphatic hydroxyl groups is 1. The molecule has 0 aliphatic rings. The normalized spacial score (nSPS) is 12.3. The van der Waals surface area contributed by atoms with Crippen molar-refractivity contribution in [2.45, 2.75) is 12.5 Å². The summed E-state index contributed by atoms with van der Waals surface area (Å²) in [5.41, 5.74) is 1.93. The molecule has 1 unspecified atom stereocenters. The van der Waals surface area contributed by atoms with Gasteiger partial charge in [-0.3, -0.25) is 0 Å². The summed E-state index contributed by atoms with van der Waals surface area (Å²) in [7, 11) is 3.18. The Hall–Kier alpha value is -2.26. The van der Waals surface area contributed by atoms with Crippen LogP contribution in [0.15, 0.2) is 54.6 Å². The van der Waals surface area contributed by atoms with Crippen LogP contribution in [0, 0.1) is 0 Å². The number of methoxy groups -OCH3 is 2. The second kappa shape index (κ2) is 7.50. The van der Waals surface area contributed by atoms with E-state index in [1.54, 1.807) is 26.4 Å². The van der Waals surface area contributed by atoms with Crippen LogP contribution in [0.25, 0.3) is 6.08 Å². The van der Waals surface area contributed by atoms with E-state index in [0.717, 1.165) is 11.1 Å². The van der Waals surface area contributed by atoms with Gasteiger partial charge in [0.15, 0.2) is 11.5 Å². The van der Waals surface area contributed by atoms with E-state index < -0.39 is 6.10 Å². The SMILES string of the molecule is COc1ccc(C(O)C/C=C/c2ccccc2)cc1OC. The number of hydrogen-bond donors (Lipinski definition) is 1. The van der Waals surface area contributed by atoms with E-state index in [4.69, 9.17) is 9.47 Å². The maximum Gasteiger partial charge on any atom is 0.161 e. The van der Waals surface area contributed by atoms with E-state index in [0.29, 0.717) is 17.9 Å². The van der Waals surface area contributed by atoms with E-state index in [1.807, 2.05) is 48.6 Å². The fourth-order valence-electron chi connectivity index (χ4n) is 2.09. The van der Waals surface area contributed by atoms with E-state index >= 15 is 0 Å². The Labute approximate surface area is 125 Å². The first-order chi connectivity index (χ1) is 10.2. The highest BCUT2D eigenvalue weighted by Crippen LogP contribution is 2.30. The Morgan fingerprint density at radius 2 is 1.71 bits per heavy atom. The average Bonchev–Trinajstić information content (AvgIpc) is 2.55. The first kappa shape index (κ1) is 15.1. The Bertz CT molecular complexity index is 591. The third-order valence-electron chi connectivity index (χ3n) is 3.26. The number of benzene rings is 2. The lowest BCUT2D eigenvalue weighted by Gasteiger charge is -2.12. The van der Waals surface area contributed by atoms with Crippen LogP contribution < -0.4 is 9.47 Å². The van der Waals surface area contributed by atoms with Crippen molar-refractivity contribution in [3.8, 4) is 11.5 Å². The molecule has 0 bridgehead atoms. The third-order valence-corrected chi connectivity index (χ3v) is 3.26. The van der Waals surface area contributed by atoms with Crippen molar-refractivity contribution >= 4 is 6.08 Å². The standard InChI is InChI=1S/C18H20O3/c1-20-17-12-11-15(13-18(17)21-2)16(19)10-6-9-14-7-4-3-5-8-14/h3-9,11-13,16,19H,10H2,1-2H3/b9-6+. The second-order valence-electron chi connectivity index (χ2n) is 4.68. The van der Waals surface area contributed by atoms with Gasteiger partial charge in [0.25, 0.3) is 0 Å². The molecule has 0 fully saturated rings. The van der Waals surface area contributed by atoms with Gasteiger partial charge in [-0.15, -0.1) is 0 Å². The molecule has 1 atom stereocenters. The van der Waals surface area contributed by atoms with Crippen molar-refractivity contribution in [1.29, 1.82) is 0 Å². The zero-order chi connectivity index (χ0) is 15.1. The summed E-state index contributed by atoms with van der Waals surface area (Å²) in [4.78, 5) is 0. The number of rotatable bonds is 6. The van der Waals surface area contributed by atoms with Gasteiger partial charge in [0.1, 0.15) is 0 Å². The fraction of sp³-hybridized carbons (Fsp3) is 0.222. The number of hydrogen-bond acceptors (Lipinski definition) is 3. The summed E-state index contributed by atoms with van der Waals surface area (Å²) in [6, 6.07) is 15.5. The van der Waals surface area contributed by atoms with Crippen LogP contribution in [0.4, 0.5) is 0 Å². The van der Waals surface area contributed by atoms with Gasteiger partial charge in [0.2, 0.25) is 0 Å². The van der Waals surface area contributed by atoms with Crippen molar-refractivity contribution < 1.29 is 14.6 Å². The quantitative estimate of drug-likeness (QED) is 0.876. The van der Waals surface area contributed by atoms with Gasteiger partial charge in [-0.1, -0.05) is 48.6 Å². The van der Waals surface area contributed by atoms with Crippen LogP contribution in [-0.4, -0.2) is 19.3 Å². The zero-order valence-electron chi connectivity index (χ0n) is 12.3. The fourth-order valence-corrected chi connectivity index (χ4v) is 2.09. The average molecular weight is 284 g/mol. The van der Waals surface area contributed by atoms with Crippen LogP contribution in [0.1, 0.15) is 23.7 Å². The molecule has 21 heavy (non-hydrogen) atoms. The van der Waals surface area contributed by atoms with Crippen molar-refractivity contribution in [2.75, 3.05) is 14.2 Å². The first-order valence-electron chi connectivity index (χ1n) is 6.86. The highest BCUT2D eigenvalue weighted by atomic mass is 16.5. The van der Waals surface area contributed by atoms with Gasteiger partial charge in [0, 0.05) is 0 Å². The lowest BCUT2D eigenvalue weighted by atomic mass is 10.0. The molecule has 0 radical (unpaired) electrons. The molecule has 2 rings (SSSR count). The van der Waals surface area contributed by atoms with E-state index in [2.05, 4.69) is 0 Å². The largest absolute Gasteiger partial charge is 0.493 e. The van der Waals surface area contributed by atoms with Crippen molar-refractivity contribution in [3.05, 3.63) is 65.7 Å². The first-order valence-corrected chi connectivity index (χ1v) is 6.86. The van der Waals surface area contributed by atoms with Crippen LogP contribution >= 0.6 is 0 Å². The molecule has 0 saturated carbocycles. The van der Waals surface area contributed by atoms with E-state index in [9.17, 15) is 5.11 Å². The van der Waals surface area contributed by atoms with Crippen molar-refractivity contribution in [3.63, 3.8) is 0 Å². The predicted octanol–water partition coefficient (Wildman–Crippen LogP) is 3.84. The second-order valence-corrected chi connectivity index (χ2v) is 4.68. The van der Waals surface area contributed by atoms with Crippen LogP contribution in [0.5, 0.6) is 11.5 Å². The van der Waals surface area contributed by atoms with Crippen molar-refractivity contribution in [2.24, 2.45) is 0 Å². The van der Waals surface area contributed by atoms with Crippen LogP contribution in [-0.2, 0) is 0 Å². The molecule has 3 nitrogen and oxygen atoms in total. The molecule has 0 heterocycles. The predicted molar refractivity (Wildman–Crippen MR) is 84.6 cm³/mol. The van der Waals surface area contributed by atoms with Crippen molar-refractivity contribution in [1.82, 2.24) is 0 Å². The minimum absolute atomic E-state index is 0.546. The Morgan fingerprint density at radius 3 is 2.38 bits per heavy atom. The highest BCUT2D eigenvalue weighted by molar-refractivity contribution is 5.49. The topological polar surface area (TPSA) is 38.7 Å². The molecule has 3 heteroatoms. The minimum atomic E-state index is -0.565. The molecule has 0 amide bonds. The maximum absolute atomic E-state index is 10.2. The summed E-state index contributed by atoms with van der Waals surface area (Å²) >= 11 is 0. The van der Waals surface area contributed by atoms with Gasteiger partial charge in [-0.25, -0.2) is 0 Å². The van der Waals surface area contributed by atoms with E-state index in [-0.39, 0.29) is 0 Å². The van der Waals surface area contributed by atoms with Crippen LogP contribution in [0.2, 0.25) is 0 Å². The Morgan fingerprint density at radius 1 is 1.00 bits per heavy atom. The molecule has 1 N–H and O–H groups in total. The lowest BCUT2D eigenvalue weighted by molar-refractivity contribution is 0.181. The smallest absolute Gasteiger partial charge is 0.161 e. The van der Waals surface area contributed by atoms with Gasteiger partial charge in [-0.2, -0.15) is 0 Å². The summed E-state index contributed by atoms with van der Waals surface area (Å²) < 4.78 is 10.4. The molecule has 0 aliphatic carbocycles. The monoisotopic (exact) mass is 284 g/mol. The van der Waals surface area contributed by atoms with Gasteiger partial charge < -0.3 is 14.6 Å². The third kappa shape index (κ3) is 4.10. The molecule has 0 aliphatic heterocycles. The zero-order valence-corrected chi connectivity index (χ0v) is 12.3. The molecule has 2 aromatic rings. The Balaban J connectivity index is 2.03. The van der Waals surface area contributed by atoms with E-state index in [1.165, 1.54) is 0 Å². The van der Waals surface area contributed by atoms with Gasteiger partial charge in [0.05, 0.1) is 20.3 Å². The summed E-state index contributed by atoms with van der Waals surface area (Å²) in [5.74, 6) is 1.29. The lowest BCUT2D eigenvalue weighted by Crippen LogP contribution is -1.98. The summed E-state index contributed by atoms with van der Waals surface area (Å²) in [6.45, 7) is 0. The Kier molecular flexibility index (Phi) is 5.41. The van der Waals surface area contributed by atoms with Gasteiger partial charge >= 0.3 is 0 Å². The molecule has 0 aromatic heterocycles. The maximum atomic E-state index is 10.2. The summed E-state index contributed by atoms with van der Waals surface area (Å²) in [6.07, 6.45) is 3.95. The van der Waals surface area contributed by atoms with Crippen LogP contribution in [0.3, 0.4) is 0 Å². The molecule has 110 valence electrons. The molecular formula is C18H20O3. The minimum Gasteiger partial charge on any atom is -0.493 e. The molecule has 0 spiro atoms. The molecule has 0 saturated heterocycles. The molecular weight excluding hydrogens is 264 g/mol. The summed E-state index contributed by atoms with van der Waals surface area (Å²) in [5, 5.41) is 10.2.